The molecule has 2 heterocycles. The summed E-state index contributed by atoms with van der Waals surface area (Å²) in [6.45, 7) is 6.26. The van der Waals surface area contributed by atoms with Crippen LogP contribution >= 0.6 is 15.9 Å². The molecule has 1 aliphatic heterocycles. The predicted octanol–water partition coefficient (Wildman–Crippen LogP) is 5.31. The van der Waals surface area contributed by atoms with Crippen molar-refractivity contribution in [3.8, 4) is 22.8 Å². The normalized spacial score (nSPS) is 15.8. The van der Waals surface area contributed by atoms with E-state index in [0.29, 0.717) is 49.0 Å². The SMILES string of the molecule is C=C(Cn1nc(-c2ccc(F)cc2)nc1-c1ccc(F)cc1)N1CCN(c2cccc(Br)c2)C(O)C1. The molecule has 3 aromatic carbocycles. The number of halogens is 3. The van der Waals surface area contributed by atoms with Gasteiger partial charge in [0.05, 0.1) is 13.1 Å². The van der Waals surface area contributed by atoms with Crippen molar-refractivity contribution in [2.24, 2.45) is 0 Å². The van der Waals surface area contributed by atoms with Crippen LogP contribution < -0.4 is 4.90 Å². The molecule has 184 valence electrons. The van der Waals surface area contributed by atoms with Crippen molar-refractivity contribution in [3.05, 3.63) is 101 Å². The second-order valence-corrected chi connectivity index (χ2v) is 9.51. The van der Waals surface area contributed by atoms with Crippen molar-refractivity contribution in [2.75, 3.05) is 24.5 Å². The maximum atomic E-state index is 13.5. The third kappa shape index (κ3) is 5.17. The van der Waals surface area contributed by atoms with Crippen LogP contribution in [0.25, 0.3) is 22.8 Å². The van der Waals surface area contributed by atoms with Crippen molar-refractivity contribution in [1.82, 2.24) is 19.7 Å². The molecule has 1 aromatic heterocycles. The molecular formula is C27H24BrF2N5O. The summed E-state index contributed by atoms with van der Waals surface area (Å²) in [5, 5.41) is 15.5. The van der Waals surface area contributed by atoms with E-state index < -0.39 is 6.23 Å². The maximum absolute atomic E-state index is 13.5. The molecule has 36 heavy (non-hydrogen) atoms. The Labute approximate surface area is 216 Å². The first-order chi connectivity index (χ1) is 17.4. The van der Waals surface area contributed by atoms with Gasteiger partial charge in [0.25, 0.3) is 0 Å². The van der Waals surface area contributed by atoms with Gasteiger partial charge in [-0.05, 0) is 66.7 Å². The van der Waals surface area contributed by atoms with Gasteiger partial charge in [-0.25, -0.2) is 18.4 Å². The molecule has 1 aliphatic rings. The van der Waals surface area contributed by atoms with Crippen molar-refractivity contribution < 1.29 is 13.9 Å². The number of nitrogens with zero attached hydrogens (tertiary/aromatic N) is 5. The lowest BCUT2D eigenvalue weighted by molar-refractivity contribution is 0.0966. The Morgan fingerprint density at radius 2 is 1.64 bits per heavy atom. The molecule has 1 saturated heterocycles. The lowest BCUT2D eigenvalue weighted by atomic mass is 10.2. The van der Waals surface area contributed by atoms with Gasteiger partial charge in [0, 0.05) is 40.1 Å². The highest BCUT2D eigenvalue weighted by atomic mass is 79.9. The Morgan fingerprint density at radius 3 is 2.28 bits per heavy atom. The van der Waals surface area contributed by atoms with E-state index in [-0.39, 0.29) is 11.6 Å². The summed E-state index contributed by atoms with van der Waals surface area (Å²) in [5.74, 6) is 0.293. The third-order valence-corrected chi connectivity index (χ3v) is 6.64. The van der Waals surface area contributed by atoms with E-state index in [1.807, 2.05) is 34.1 Å². The first-order valence-electron chi connectivity index (χ1n) is 11.5. The smallest absolute Gasteiger partial charge is 0.181 e. The first kappa shape index (κ1) is 24.1. The molecule has 0 radical (unpaired) electrons. The van der Waals surface area contributed by atoms with Crippen molar-refractivity contribution in [1.29, 1.82) is 0 Å². The molecule has 0 spiro atoms. The highest BCUT2D eigenvalue weighted by Crippen LogP contribution is 2.27. The van der Waals surface area contributed by atoms with Crippen LogP contribution in [0.15, 0.2) is 89.5 Å². The lowest BCUT2D eigenvalue weighted by Gasteiger charge is -2.41. The van der Waals surface area contributed by atoms with Gasteiger partial charge in [0.1, 0.15) is 17.9 Å². The molecule has 1 fully saturated rings. The number of anilines is 1. The van der Waals surface area contributed by atoms with Gasteiger partial charge < -0.3 is 14.9 Å². The van der Waals surface area contributed by atoms with Crippen LogP contribution in [0.2, 0.25) is 0 Å². The Morgan fingerprint density at radius 1 is 0.972 bits per heavy atom. The van der Waals surface area contributed by atoms with E-state index in [1.54, 1.807) is 28.9 Å². The van der Waals surface area contributed by atoms with Crippen LogP contribution in [0, 0.1) is 11.6 Å². The van der Waals surface area contributed by atoms with Crippen LogP contribution in [0.4, 0.5) is 14.5 Å². The highest BCUT2D eigenvalue weighted by Gasteiger charge is 2.27. The number of allylic oxidation sites excluding steroid dienone is 1. The Bertz CT molecular complexity index is 1370. The van der Waals surface area contributed by atoms with E-state index >= 15 is 0 Å². The largest absolute Gasteiger partial charge is 0.372 e. The Hall–Kier alpha value is -3.56. The number of piperazine rings is 1. The van der Waals surface area contributed by atoms with Crippen molar-refractivity contribution in [2.45, 2.75) is 12.8 Å². The minimum absolute atomic E-state index is 0.324. The van der Waals surface area contributed by atoms with E-state index in [4.69, 9.17) is 0 Å². The van der Waals surface area contributed by atoms with Crippen LogP contribution in [0.3, 0.4) is 0 Å². The van der Waals surface area contributed by atoms with E-state index in [1.165, 1.54) is 24.3 Å². The summed E-state index contributed by atoms with van der Waals surface area (Å²) in [6.07, 6.45) is -0.702. The fourth-order valence-corrected chi connectivity index (χ4v) is 4.65. The fraction of sp³-hybridized carbons (Fsp3) is 0.185. The summed E-state index contributed by atoms with van der Waals surface area (Å²) < 4.78 is 29.6. The quantitative estimate of drug-likeness (QED) is 0.352. The number of hydrogen-bond donors (Lipinski definition) is 1. The summed E-state index contributed by atoms with van der Waals surface area (Å²) >= 11 is 3.49. The van der Waals surface area contributed by atoms with Gasteiger partial charge >= 0.3 is 0 Å². The molecule has 9 heteroatoms. The Kier molecular flexibility index (Phi) is 6.84. The molecule has 1 atom stereocenters. The summed E-state index contributed by atoms with van der Waals surface area (Å²) in [7, 11) is 0. The number of aliphatic hydroxyl groups is 1. The standard InChI is InChI=1S/C27H24BrF2N5O/c1-18(33-13-14-34(25(36)17-33)24-4-2-3-21(28)15-24)16-35-27(20-7-11-23(30)12-8-20)31-26(32-35)19-5-9-22(29)10-6-19/h2-12,15,25,36H,1,13-14,16-17H2. The van der Waals surface area contributed by atoms with Crippen molar-refractivity contribution >= 4 is 21.6 Å². The van der Waals surface area contributed by atoms with Gasteiger partial charge in [0.2, 0.25) is 0 Å². The van der Waals surface area contributed by atoms with Crippen molar-refractivity contribution in [3.63, 3.8) is 0 Å². The number of aliphatic hydroxyl groups excluding tert-OH is 1. The number of rotatable bonds is 6. The zero-order valence-electron chi connectivity index (χ0n) is 19.4. The number of β-amino-alcohol motifs (C(OH)–C–C–N with tert-alkyl or cyclic N) is 1. The van der Waals surface area contributed by atoms with E-state index in [2.05, 4.69) is 32.6 Å². The zero-order chi connectivity index (χ0) is 25.2. The molecule has 0 amide bonds. The number of aromatic nitrogens is 3. The minimum Gasteiger partial charge on any atom is -0.372 e. The number of hydrogen-bond acceptors (Lipinski definition) is 5. The maximum Gasteiger partial charge on any atom is 0.181 e. The second-order valence-electron chi connectivity index (χ2n) is 8.60. The molecule has 0 bridgehead atoms. The van der Waals surface area contributed by atoms with Gasteiger partial charge in [-0.15, -0.1) is 0 Å². The van der Waals surface area contributed by atoms with Gasteiger partial charge in [-0.3, -0.25) is 0 Å². The molecule has 1 unspecified atom stereocenters. The van der Waals surface area contributed by atoms with Crippen LogP contribution in [0.1, 0.15) is 0 Å². The molecule has 6 nitrogen and oxygen atoms in total. The molecular weight excluding hydrogens is 528 g/mol. The summed E-state index contributed by atoms with van der Waals surface area (Å²) in [4.78, 5) is 8.66. The minimum atomic E-state index is -0.702. The van der Waals surface area contributed by atoms with Crippen LogP contribution in [0.5, 0.6) is 0 Å². The monoisotopic (exact) mass is 551 g/mol. The summed E-state index contributed by atoms with van der Waals surface area (Å²) in [5.41, 5.74) is 3.08. The molecule has 0 saturated carbocycles. The lowest BCUT2D eigenvalue weighted by Crippen LogP contribution is -2.53. The van der Waals surface area contributed by atoms with Crippen LogP contribution in [-0.2, 0) is 6.54 Å². The molecule has 4 aromatic rings. The average Bonchev–Trinajstić information content (AvgIpc) is 3.28. The van der Waals surface area contributed by atoms with E-state index in [0.717, 1.165) is 15.9 Å². The van der Waals surface area contributed by atoms with Crippen LogP contribution in [-0.4, -0.2) is 50.6 Å². The molecule has 1 N–H and O–H groups in total. The number of benzene rings is 3. The van der Waals surface area contributed by atoms with Gasteiger partial charge in [-0.2, -0.15) is 5.10 Å². The average molecular weight is 552 g/mol. The zero-order valence-corrected chi connectivity index (χ0v) is 20.9. The molecule has 0 aliphatic carbocycles. The second kappa shape index (κ2) is 10.2. The predicted molar refractivity (Wildman–Crippen MR) is 139 cm³/mol. The summed E-state index contributed by atoms with van der Waals surface area (Å²) in [6, 6.07) is 19.8. The Balaban J connectivity index is 1.37. The fourth-order valence-electron chi connectivity index (χ4n) is 4.27. The topological polar surface area (TPSA) is 57.4 Å². The van der Waals surface area contributed by atoms with E-state index in [9.17, 15) is 13.9 Å². The third-order valence-electron chi connectivity index (χ3n) is 6.15. The molecule has 5 rings (SSSR count). The van der Waals surface area contributed by atoms with Gasteiger partial charge in [0.15, 0.2) is 11.6 Å². The first-order valence-corrected chi connectivity index (χ1v) is 12.3. The van der Waals surface area contributed by atoms with Gasteiger partial charge in [-0.1, -0.05) is 28.6 Å². The highest BCUT2D eigenvalue weighted by molar-refractivity contribution is 9.10.